The van der Waals surface area contributed by atoms with Crippen LogP contribution >= 0.6 is 11.6 Å². The van der Waals surface area contributed by atoms with Crippen LogP contribution in [0.15, 0.2) is 41.0 Å². The van der Waals surface area contributed by atoms with Gasteiger partial charge in [-0.05, 0) is 42.8 Å². The maximum Gasteiger partial charge on any atom is 0.170 e. The highest BCUT2D eigenvalue weighted by Crippen LogP contribution is 2.16. The molecule has 0 spiro atoms. The molecule has 0 aliphatic carbocycles. The van der Waals surface area contributed by atoms with Gasteiger partial charge in [0, 0.05) is 10.6 Å². The molecular formula is C13H11ClO2. The van der Waals surface area contributed by atoms with E-state index in [-0.39, 0.29) is 12.2 Å². The van der Waals surface area contributed by atoms with Gasteiger partial charge >= 0.3 is 0 Å². The molecule has 0 atom stereocenters. The first-order chi connectivity index (χ1) is 7.65. The van der Waals surface area contributed by atoms with Crippen molar-refractivity contribution in [1.29, 1.82) is 0 Å². The zero-order valence-corrected chi connectivity index (χ0v) is 9.62. The minimum absolute atomic E-state index is 0.0144. The molecule has 0 aliphatic rings. The van der Waals surface area contributed by atoms with Gasteiger partial charge in [0.25, 0.3) is 0 Å². The molecule has 0 saturated carbocycles. The van der Waals surface area contributed by atoms with Gasteiger partial charge in [0.2, 0.25) is 0 Å². The predicted molar refractivity (Wildman–Crippen MR) is 62.9 cm³/mol. The third-order valence-electron chi connectivity index (χ3n) is 2.28. The summed E-state index contributed by atoms with van der Waals surface area (Å²) in [4.78, 5) is 11.9. The number of carbonyl (C=O) groups is 1. The number of hydrogen-bond acceptors (Lipinski definition) is 2. The summed E-state index contributed by atoms with van der Waals surface area (Å²) in [5.74, 6) is 0.683. The Labute approximate surface area is 98.8 Å². The molecule has 0 radical (unpaired) electrons. The monoisotopic (exact) mass is 234 g/mol. The zero-order chi connectivity index (χ0) is 11.5. The maximum atomic E-state index is 11.9. The topological polar surface area (TPSA) is 30.2 Å². The van der Waals surface area contributed by atoms with Crippen LogP contribution in [0.1, 0.15) is 21.7 Å². The van der Waals surface area contributed by atoms with E-state index in [2.05, 4.69) is 0 Å². The quantitative estimate of drug-likeness (QED) is 0.759. The molecular weight excluding hydrogens is 224 g/mol. The molecule has 3 heteroatoms. The van der Waals surface area contributed by atoms with Crippen molar-refractivity contribution in [2.45, 2.75) is 13.3 Å². The first kappa shape index (κ1) is 11.0. The van der Waals surface area contributed by atoms with Crippen molar-refractivity contribution >= 4 is 17.4 Å². The van der Waals surface area contributed by atoms with Crippen LogP contribution in [-0.2, 0) is 6.42 Å². The molecule has 1 aromatic heterocycles. The summed E-state index contributed by atoms with van der Waals surface area (Å²) in [6.45, 7) is 1.91. The average molecular weight is 235 g/mol. The highest BCUT2D eigenvalue weighted by atomic mass is 35.5. The Balaban J connectivity index is 2.21. The van der Waals surface area contributed by atoms with Crippen molar-refractivity contribution in [3.63, 3.8) is 0 Å². The van der Waals surface area contributed by atoms with Gasteiger partial charge in [0.1, 0.15) is 5.76 Å². The summed E-state index contributed by atoms with van der Waals surface area (Å²) in [7, 11) is 0. The van der Waals surface area contributed by atoms with Crippen molar-refractivity contribution in [2.75, 3.05) is 0 Å². The summed E-state index contributed by atoms with van der Waals surface area (Å²) < 4.78 is 5.13. The molecule has 0 amide bonds. The Kier molecular flexibility index (Phi) is 3.11. The van der Waals surface area contributed by atoms with Gasteiger partial charge in [0.05, 0.1) is 12.7 Å². The number of ketones is 1. The Bertz CT molecular complexity index is 480. The van der Waals surface area contributed by atoms with Crippen molar-refractivity contribution in [3.05, 3.63) is 58.5 Å². The van der Waals surface area contributed by atoms with Crippen molar-refractivity contribution in [1.82, 2.24) is 0 Å². The largest absolute Gasteiger partial charge is 0.469 e. The molecule has 1 heterocycles. The second-order valence-electron chi connectivity index (χ2n) is 3.70. The molecule has 0 fully saturated rings. The molecule has 0 bridgehead atoms. The van der Waals surface area contributed by atoms with Crippen molar-refractivity contribution in [3.8, 4) is 0 Å². The molecule has 1 aromatic carbocycles. The molecule has 0 unspecified atom stereocenters. The lowest BCUT2D eigenvalue weighted by Crippen LogP contribution is -2.03. The standard InChI is InChI=1S/C13H11ClO2/c1-9-5-10(7-11(14)6-9)13(15)8-12-3-2-4-16-12/h2-7H,8H2,1H3. The SMILES string of the molecule is Cc1cc(Cl)cc(C(=O)Cc2ccco2)c1. The third-order valence-corrected chi connectivity index (χ3v) is 2.50. The number of carbonyl (C=O) groups excluding carboxylic acids is 1. The fraction of sp³-hybridized carbons (Fsp3) is 0.154. The van der Waals surface area contributed by atoms with Crippen LogP contribution in [0, 0.1) is 6.92 Å². The van der Waals surface area contributed by atoms with Gasteiger partial charge in [0.15, 0.2) is 5.78 Å². The Morgan fingerprint density at radius 3 is 2.81 bits per heavy atom. The van der Waals surface area contributed by atoms with E-state index in [4.69, 9.17) is 16.0 Å². The fourth-order valence-corrected chi connectivity index (χ4v) is 1.86. The lowest BCUT2D eigenvalue weighted by molar-refractivity contribution is 0.0987. The Morgan fingerprint density at radius 2 is 2.19 bits per heavy atom. The number of aryl methyl sites for hydroxylation is 1. The summed E-state index contributed by atoms with van der Waals surface area (Å²) in [5, 5.41) is 0.586. The van der Waals surface area contributed by atoms with E-state index in [1.54, 1.807) is 24.5 Å². The number of hydrogen-bond donors (Lipinski definition) is 0. The van der Waals surface area contributed by atoms with Crippen LogP contribution in [0.2, 0.25) is 5.02 Å². The van der Waals surface area contributed by atoms with Gasteiger partial charge < -0.3 is 4.42 Å². The normalized spacial score (nSPS) is 10.4. The van der Waals surface area contributed by atoms with Crippen LogP contribution in [0.3, 0.4) is 0 Å². The van der Waals surface area contributed by atoms with E-state index >= 15 is 0 Å². The van der Waals surface area contributed by atoms with Gasteiger partial charge in [-0.15, -0.1) is 0 Å². The second-order valence-corrected chi connectivity index (χ2v) is 4.13. The molecule has 2 nitrogen and oxygen atoms in total. The zero-order valence-electron chi connectivity index (χ0n) is 8.87. The minimum Gasteiger partial charge on any atom is -0.469 e. The summed E-state index contributed by atoms with van der Waals surface area (Å²) >= 11 is 5.90. The minimum atomic E-state index is 0.0144. The average Bonchev–Trinajstić information content (AvgIpc) is 2.68. The first-order valence-corrected chi connectivity index (χ1v) is 5.36. The van der Waals surface area contributed by atoms with E-state index in [1.807, 2.05) is 19.1 Å². The maximum absolute atomic E-state index is 11.9. The van der Waals surface area contributed by atoms with Gasteiger partial charge in [-0.1, -0.05) is 11.6 Å². The number of furan rings is 1. The van der Waals surface area contributed by atoms with Crippen molar-refractivity contribution in [2.24, 2.45) is 0 Å². The summed E-state index contributed by atoms with van der Waals surface area (Å²) in [5.41, 5.74) is 1.61. The highest BCUT2D eigenvalue weighted by molar-refractivity contribution is 6.31. The molecule has 2 aromatic rings. The van der Waals surface area contributed by atoms with E-state index in [1.165, 1.54) is 0 Å². The highest BCUT2D eigenvalue weighted by Gasteiger charge is 2.09. The van der Waals surface area contributed by atoms with Crippen LogP contribution in [0.25, 0.3) is 0 Å². The second kappa shape index (κ2) is 4.54. The predicted octanol–water partition coefficient (Wildman–Crippen LogP) is 3.67. The van der Waals surface area contributed by atoms with Crippen LogP contribution < -0.4 is 0 Å². The lowest BCUT2D eigenvalue weighted by atomic mass is 10.0. The van der Waals surface area contributed by atoms with Gasteiger partial charge in [-0.3, -0.25) is 4.79 Å². The van der Waals surface area contributed by atoms with Gasteiger partial charge in [-0.25, -0.2) is 0 Å². The van der Waals surface area contributed by atoms with Crippen LogP contribution in [-0.4, -0.2) is 5.78 Å². The van der Waals surface area contributed by atoms with Gasteiger partial charge in [-0.2, -0.15) is 0 Å². The third kappa shape index (κ3) is 2.52. The van der Waals surface area contributed by atoms with E-state index in [0.717, 1.165) is 5.56 Å². The summed E-state index contributed by atoms with van der Waals surface area (Å²) in [6, 6.07) is 8.89. The molecule has 0 aliphatic heterocycles. The molecule has 16 heavy (non-hydrogen) atoms. The molecule has 0 N–H and O–H groups in total. The number of halogens is 1. The Hall–Kier alpha value is -1.54. The molecule has 82 valence electrons. The number of Topliss-reactive ketones (excluding diaryl/α,β-unsaturated/α-hetero) is 1. The first-order valence-electron chi connectivity index (χ1n) is 4.98. The van der Waals surface area contributed by atoms with E-state index < -0.39 is 0 Å². The number of rotatable bonds is 3. The number of benzene rings is 1. The van der Waals surface area contributed by atoms with Crippen LogP contribution in [0.5, 0.6) is 0 Å². The van der Waals surface area contributed by atoms with E-state index in [0.29, 0.717) is 16.3 Å². The van der Waals surface area contributed by atoms with E-state index in [9.17, 15) is 4.79 Å². The summed E-state index contributed by atoms with van der Waals surface area (Å²) in [6.07, 6.45) is 1.83. The van der Waals surface area contributed by atoms with Crippen molar-refractivity contribution < 1.29 is 9.21 Å². The Morgan fingerprint density at radius 1 is 1.38 bits per heavy atom. The fourth-order valence-electron chi connectivity index (χ4n) is 1.57. The smallest absolute Gasteiger partial charge is 0.170 e. The molecule has 2 rings (SSSR count). The molecule has 0 saturated heterocycles. The van der Waals surface area contributed by atoms with Crippen LogP contribution in [0.4, 0.5) is 0 Å². The lowest BCUT2D eigenvalue weighted by Gasteiger charge is -2.02.